The first kappa shape index (κ1) is 22.6. The molecule has 0 aliphatic carbocycles. The SMILES string of the molecule is CCCCCCCCC(OCC)C(OCC)(c1ccccc1)c1ccccc1. The third kappa shape index (κ3) is 5.93. The van der Waals surface area contributed by atoms with Crippen LogP contribution in [0.2, 0.25) is 0 Å². The van der Waals surface area contributed by atoms with Crippen LogP contribution in [0, 0.1) is 0 Å². The molecule has 0 aliphatic heterocycles. The van der Waals surface area contributed by atoms with E-state index in [-0.39, 0.29) is 6.10 Å². The second kappa shape index (κ2) is 12.7. The van der Waals surface area contributed by atoms with Gasteiger partial charge in [0.1, 0.15) is 5.60 Å². The van der Waals surface area contributed by atoms with Crippen molar-refractivity contribution in [2.24, 2.45) is 0 Å². The average Bonchev–Trinajstić information content (AvgIpc) is 2.75. The molecular formula is C26H38O2. The summed E-state index contributed by atoms with van der Waals surface area (Å²) in [5.74, 6) is 0. The average molecular weight is 383 g/mol. The van der Waals surface area contributed by atoms with Gasteiger partial charge in [0.05, 0.1) is 6.10 Å². The summed E-state index contributed by atoms with van der Waals surface area (Å²) in [6.45, 7) is 7.76. The number of benzene rings is 2. The number of hydrogen-bond acceptors (Lipinski definition) is 2. The summed E-state index contributed by atoms with van der Waals surface area (Å²) in [7, 11) is 0. The molecule has 0 aromatic heterocycles. The van der Waals surface area contributed by atoms with E-state index in [0.717, 1.165) is 6.42 Å². The van der Waals surface area contributed by atoms with Crippen LogP contribution in [-0.2, 0) is 15.1 Å². The van der Waals surface area contributed by atoms with Crippen molar-refractivity contribution in [2.75, 3.05) is 13.2 Å². The fourth-order valence-corrected chi connectivity index (χ4v) is 4.11. The maximum absolute atomic E-state index is 6.59. The Morgan fingerprint density at radius 1 is 0.679 bits per heavy atom. The van der Waals surface area contributed by atoms with Gasteiger partial charge in [-0.3, -0.25) is 0 Å². The van der Waals surface area contributed by atoms with Gasteiger partial charge >= 0.3 is 0 Å². The molecule has 1 atom stereocenters. The predicted octanol–water partition coefficient (Wildman–Crippen LogP) is 7.12. The molecule has 2 aromatic carbocycles. The minimum atomic E-state index is -0.573. The van der Waals surface area contributed by atoms with E-state index >= 15 is 0 Å². The smallest absolute Gasteiger partial charge is 0.144 e. The quantitative estimate of drug-likeness (QED) is 0.324. The minimum Gasteiger partial charge on any atom is -0.375 e. The van der Waals surface area contributed by atoms with Crippen molar-refractivity contribution in [3.8, 4) is 0 Å². The highest BCUT2D eigenvalue weighted by Crippen LogP contribution is 2.40. The van der Waals surface area contributed by atoms with Crippen molar-refractivity contribution in [3.05, 3.63) is 71.8 Å². The molecule has 0 radical (unpaired) electrons. The largest absolute Gasteiger partial charge is 0.375 e. The van der Waals surface area contributed by atoms with E-state index < -0.39 is 5.60 Å². The van der Waals surface area contributed by atoms with Gasteiger partial charge in [0.15, 0.2) is 0 Å². The number of ether oxygens (including phenoxy) is 2. The first-order chi connectivity index (χ1) is 13.8. The van der Waals surface area contributed by atoms with Crippen LogP contribution in [0.1, 0.15) is 76.8 Å². The fourth-order valence-electron chi connectivity index (χ4n) is 4.11. The lowest BCUT2D eigenvalue weighted by Gasteiger charge is -2.41. The molecule has 0 heterocycles. The van der Waals surface area contributed by atoms with Gasteiger partial charge in [-0.2, -0.15) is 0 Å². The summed E-state index contributed by atoms with van der Waals surface area (Å²) < 4.78 is 13.0. The van der Waals surface area contributed by atoms with E-state index in [1.807, 2.05) is 0 Å². The molecule has 0 amide bonds. The first-order valence-electron chi connectivity index (χ1n) is 11.2. The monoisotopic (exact) mass is 382 g/mol. The van der Waals surface area contributed by atoms with E-state index in [1.54, 1.807) is 0 Å². The molecule has 2 aromatic rings. The van der Waals surface area contributed by atoms with Crippen LogP contribution in [0.4, 0.5) is 0 Å². The van der Waals surface area contributed by atoms with Gasteiger partial charge in [0.25, 0.3) is 0 Å². The van der Waals surface area contributed by atoms with Gasteiger partial charge in [-0.25, -0.2) is 0 Å². The molecule has 0 saturated heterocycles. The van der Waals surface area contributed by atoms with Gasteiger partial charge in [0, 0.05) is 13.2 Å². The zero-order valence-corrected chi connectivity index (χ0v) is 18.0. The van der Waals surface area contributed by atoms with Gasteiger partial charge in [-0.1, -0.05) is 106 Å². The molecule has 0 N–H and O–H groups in total. The number of hydrogen-bond donors (Lipinski definition) is 0. The van der Waals surface area contributed by atoms with Crippen LogP contribution < -0.4 is 0 Å². The summed E-state index contributed by atoms with van der Waals surface area (Å²) >= 11 is 0. The first-order valence-corrected chi connectivity index (χ1v) is 11.2. The van der Waals surface area contributed by atoms with E-state index in [9.17, 15) is 0 Å². The maximum atomic E-state index is 6.59. The Hall–Kier alpha value is -1.64. The van der Waals surface area contributed by atoms with Crippen LogP contribution >= 0.6 is 0 Å². The Kier molecular flexibility index (Phi) is 10.3. The third-order valence-electron chi connectivity index (χ3n) is 5.42. The normalized spacial score (nSPS) is 12.8. The number of unbranched alkanes of at least 4 members (excludes halogenated alkanes) is 5. The van der Waals surface area contributed by atoms with Gasteiger partial charge in [0.2, 0.25) is 0 Å². The Labute approximate surface area is 172 Å². The zero-order chi connectivity index (χ0) is 20.1. The number of rotatable bonds is 14. The highest BCUT2D eigenvalue weighted by Gasteiger charge is 2.43. The van der Waals surface area contributed by atoms with Crippen molar-refractivity contribution in [2.45, 2.75) is 77.4 Å². The molecule has 2 rings (SSSR count). The molecule has 2 heteroatoms. The molecule has 1 unspecified atom stereocenters. The third-order valence-corrected chi connectivity index (χ3v) is 5.42. The Balaban J connectivity index is 2.33. The van der Waals surface area contributed by atoms with Crippen molar-refractivity contribution >= 4 is 0 Å². The van der Waals surface area contributed by atoms with Gasteiger partial charge < -0.3 is 9.47 Å². The van der Waals surface area contributed by atoms with Gasteiger partial charge in [-0.05, 0) is 31.4 Å². The molecule has 0 spiro atoms. The molecule has 0 fully saturated rings. The van der Waals surface area contributed by atoms with E-state index in [0.29, 0.717) is 13.2 Å². The van der Waals surface area contributed by atoms with Crippen LogP contribution in [0.25, 0.3) is 0 Å². The summed E-state index contributed by atoms with van der Waals surface area (Å²) in [5, 5.41) is 0. The summed E-state index contributed by atoms with van der Waals surface area (Å²) in [6.07, 6.45) is 8.70. The Bertz CT molecular complexity index is 584. The van der Waals surface area contributed by atoms with Crippen molar-refractivity contribution < 1.29 is 9.47 Å². The molecule has 0 aliphatic rings. The standard InChI is InChI=1S/C26H38O2/c1-4-7-8-9-10-17-22-25(27-5-2)26(28-6-3,23-18-13-11-14-19-23)24-20-15-12-16-21-24/h11-16,18-21,25H,4-10,17,22H2,1-3H3. The van der Waals surface area contributed by atoms with Crippen LogP contribution in [-0.4, -0.2) is 19.3 Å². The summed E-state index contributed by atoms with van der Waals surface area (Å²) in [4.78, 5) is 0. The maximum Gasteiger partial charge on any atom is 0.144 e. The predicted molar refractivity (Wildman–Crippen MR) is 119 cm³/mol. The summed E-state index contributed by atoms with van der Waals surface area (Å²) in [6, 6.07) is 21.2. The minimum absolute atomic E-state index is 0.00609. The topological polar surface area (TPSA) is 18.5 Å². The molecule has 0 saturated carbocycles. The second-order valence-corrected chi connectivity index (χ2v) is 7.40. The molecule has 28 heavy (non-hydrogen) atoms. The summed E-state index contributed by atoms with van der Waals surface area (Å²) in [5.41, 5.74) is 1.77. The van der Waals surface area contributed by atoms with Crippen molar-refractivity contribution in [1.82, 2.24) is 0 Å². The lowest BCUT2D eigenvalue weighted by molar-refractivity contribution is -0.127. The lowest BCUT2D eigenvalue weighted by atomic mass is 9.79. The molecule has 0 bridgehead atoms. The van der Waals surface area contributed by atoms with Crippen molar-refractivity contribution in [1.29, 1.82) is 0 Å². The lowest BCUT2D eigenvalue weighted by Crippen LogP contribution is -2.45. The Morgan fingerprint density at radius 3 is 1.71 bits per heavy atom. The van der Waals surface area contributed by atoms with E-state index in [4.69, 9.17) is 9.47 Å². The zero-order valence-electron chi connectivity index (χ0n) is 18.0. The second-order valence-electron chi connectivity index (χ2n) is 7.40. The highest BCUT2D eigenvalue weighted by atomic mass is 16.5. The Morgan fingerprint density at radius 2 is 1.21 bits per heavy atom. The van der Waals surface area contributed by atoms with Crippen molar-refractivity contribution in [3.63, 3.8) is 0 Å². The molecule has 2 nitrogen and oxygen atoms in total. The highest BCUT2D eigenvalue weighted by molar-refractivity contribution is 5.38. The van der Waals surface area contributed by atoms with E-state index in [1.165, 1.54) is 49.7 Å². The van der Waals surface area contributed by atoms with Gasteiger partial charge in [-0.15, -0.1) is 0 Å². The van der Waals surface area contributed by atoms with Crippen LogP contribution in [0.3, 0.4) is 0 Å². The molecular weight excluding hydrogens is 344 g/mol. The van der Waals surface area contributed by atoms with Crippen LogP contribution in [0.15, 0.2) is 60.7 Å². The van der Waals surface area contributed by atoms with Crippen LogP contribution in [0.5, 0.6) is 0 Å². The van der Waals surface area contributed by atoms with E-state index in [2.05, 4.69) is 81.4 Å². The molecule has 154 valence electrons. The fraction of sp³-hybridized carbons (Fsp3) is 0.538.